The molecule has 2 heterocycles. The summed E-state index contributed by atoms with van der Waals surface area (Å²) in [5, 5.41) is 4.09. The number of nitrogens with one attached hydrogen (secondary N) is 1. The number of anilines is 1. The highest BCUT2D eigenvalue weighted by molar-refractivity contribution is 7.98. The summed E-state index contributed by atoms with van der Waals surface area (Å²) >= 11 is 7.50. The van der Waals surface area contributed by atoms with Crippen LogP contribution in [0.4, 0.5) is 5.82 Å². The van der Waals surface area contributed by atoms with Crippen molar-refractivity contribution in [1.29, 1.82) is 0 Å². The number of halogens is 1. The van der Waals surface area contributed by atoms with Crippen LogP contribution in [-0.4, -0.2) is 22.1 Å². The highest BCUT2D eigenvalue weighted by Gasteiger charge is 2.32. The Hall–Kier alpha value is -2.77. The van der Waals surface area contributed by atoms with Gasteiger partial charge in [0.25, 0.3) is 5.56 Å². The minimum Gasteiger partial charge on any atom is -0.493 e. The Morgan fingerprint density at radius 3 is 2.67 bits per heavy atom. The van der Waals surface area contributed by atoms with Crippen molar-refractivity contribution in [3.63, 3.8) is 0 Å². The number of fused-ring (bicyclic) bond motifs is 1. The minimum atomic E-state index is -0.355. The number of carbonyl (C=O) groups excluding carboxylic acids is 1. The molecule has 1 N–H and O–H groups in total. The second-order valence-electron chi connectivity index (χ2n) is 8.52. The largest absolute Gasteiger partial charge is 0.493 e. The van der Waals surface area contributed by atoms with Crippen LogP contribution in [0.1, 0.15) is 42.9 Å². The summed E-state index contributed by atoms with van der Waals surface area (Å²) in [5.41, 5.74) is 2.12. The Morgan fingerprint density at radius 2 is 1.97 bits per heavy atom. The molecule has 0 spiro atoms. The van der Waals surface area contributed by atoms with Gasteiger partial charge in [0.05, 0.1) is 12.2 Å². The first kappa shape index (κ1) is 23.4. The average molecular weight is 484 g/mol. The van der Waals surface area contributed by atoms with Gasteiger partial charge in [0.15, 0.2) is 5.16 Å². The number of rotatable bonds is 7. The van der Waals surface area contributed by atoms with Crippen LogP contribution in [0.5, 0.6) is 5.75 Å². The summed E-state index contributed by atoms with van der Waals surface area (Å²) in [4.78, 5) is 30.0. The predicted molar refractivity (Wildman–Crippen MR) is 132 cm³/mol. The van der Waals surface area contributed by atoms with Crippen LogP contribution in [0, 0.1) is 5.92 Å². The quantitative estimate of drug-likeness (QED) is 0.367. The molecule has 1 amide bonds. The van der Waals surface area contributed by atoms with Gasteiger partial charge in [-0.25, -0.2) is 0 Å². The third kappa shape index (κ3) is 5.42. The molecule has 1 atom stereocenters. The molecular formula is C25H26ClN3O3S. The molecule has 0 saturated carbocycles. The molecule has 0 aliphatic carbocycles. The Balaban J connectivity index is 1.62. The first-order valence-electron chi connectivity index (χ1n) is 10.8. The smallest absolute Gasteiger partial charge is 0.279 e. The highest BCUT2D eigenvalue weighted by Crippen LogP contribution is 2.36. The van der Waals surface area contributed by atoms with Crippen molar-refractivity contribution in [2.24, 2.45) is 13.0 Å². The lowest BCUT2D eigenvalue weighted by molar-refractivity contribution is -0.116. The number of hydrogen-bond donors (Lipinski definition) is 1. The van der Waals surface area contributed by atoms with E-state index in [-0.39, 0.29) is 23.8 Å². The van der Waals surface area contributed by atoms with E-state index < -0.39 is 0 Å². The SMILES string of the molecule is CC(C)COc1ccc([C@@H]2CC(=O)Nc3c2c(=O)nc(SCc2cccc(Cl)c2)n3C)cc1. The van der Waals surface area contributed by atoms with Gasteiger partial charge in [0.2, 0.25) is 5.91 Å². The first-order chi connectivity index (χ1) is 15.8. The summed E-state index contributed by atoms with van der Waals surface area (Å²) in [6.45, 7) is 4.82. The van der Waals surface area contributed by atoms with Crippen LogP contribution in [-0.2, 0) is 17.6 Å². The summed E-state index contributed by atoms with van der Waals surface area (Å²) in [5.74, 6) is 1.83. The third-order valence-corrected chi connectivity index (χ3v) is 6.76. The zero-order valence-corrected chi connectivity index (χ0v) is 20.4. The van der Waals surface area contributed by atoms with Crippen molar-refractivity contribution in [3.8, 4) is 5.75 Å². The number of ether oxygens (including phenoxy) is 1. The number of carbonyl (C=O) groups is 1. The fraction of sp³-hybridized carbons (Fsp3) is 0.320. The summed E-state index contributed by atoms with van der Waals surface area (Å²) < 4.78 is 7.55. The van der Waals surface area contributed by atoms with Crippen LogP contribution < -0.4 is 15.6 Å². The number of nitrogens with zero attached hydrogens (tertiary/aromatic N) is 2. The predicted octanol–water partition coefficient (Wildman–Crippen LogP) is 5.23. The Morgan fingerprint density at radius 1 is 1.21 bits per heavy atom. The Bertz CT molecular complexity index is 1220. The molecule has 3 aromatic rings. The van der Waals surface area contributed by atoms with E-state index in [4.69, 9.17) is 16.3 Å². The fourth-order valence-corrected chi connectivity index (χ4v) is 4.90. The highest BCUT2D eigenvalue weighted by atomic mass is 35.5. The molecule has 1 aromatic heterocycles. The lowest BCUT2D eigenvalue weighted by Gasteiger charge is -2.27. The van der Waals surface area contributed by atoms with Crippen LogP contribution in [0.3, 0.4) is 0 Å². The van der Waals surface area contributed by atoms with E-state index in [1.165, 1.54) is 11.8 Å². The molecule has 0 radical (unpaired) electrons. The molecule has 0 saturated heterocycles. The number of hydrogen-bond acceptors (Lipinski definition) is 5. The topological polar surface area (TPSA) is 73.2 Å². The van der Waals surface area contributed by atoms with E-state index in [0.717, 1.165) is 16.9 Å². The fourth-order valence-electron chi connectivity index (χ4n) is 3.78. The molecule has 0 unspecified atom stereocenters. The summed E-state index contributed by atoms with van der Waals surface area (Å²) in [6.07, 6.45) is 0.200. The molecule has 4 rings (SSSR count). The number of benzene rings is 2. The van der Waals surface area contributed by atoms with E-state index in [1.54, 1.807) is 4.57 Å². The number of amides is 1. The maximum atomic E-state index is 13.1. The molecule has 172 valence electrons. The molecule has 8 heteroatoms. The van der Waals surface area contributed by atoms with Gasteiger partial charge in [-0.05, 0) is 41.3 Å². The number of aromatic nitrogens is 2. The van der Waals surface area contributed by atoms with Crippen molar-refractivity contribution in [3.05, 3.63) is 80.6 Å². The van der Waals surface area contributed by atoms with E-state index in [1.807, 2.05) is 55.6 Å². The van der Waals surface area contributed by atoms with Gasteiger partial charge in [-0.15, -0.1) is 0 Å². The molecule has 2 aromatic carbocycles. The van der Waals surface area contributed by atoms with E-state index in [9.17, 15) is 9.59 Å². The van der Waals surface area contributed by atoms with Gasteiger partial charge in [0.1, 0.15) is 11.6 Å². The molecule has 0 bridgehead atoms. The lowest BCUT2D eigenvalue weighted by atomic mass is 9.87. The Kier molecular flexibility index (Phi) is 7.10. The van der Waals surface area contributed by atoms with E-state index in [0.29, 0.717) is 39.8 Å². The minimum absolute atomic E-state index is 0.125. The number of thioether (sulfide) groups is 1. The van der Waals surface area contributed by atoms with Gasteiger partial charge in [0, 0.05) is 30.2 Å². The maximum absolute atomic E-state index is 13.1. The van der Waals surface area contributed by atoms with Gasteiger partial charge >= 0.3 is 0 Å². The summed E-state index contributed by atoms with van der Waals surface area (Å²) in [6, 6.07) is 15.2. The molecule has 1 aliphatic rings. The monoisotopic (exact) mass is 483 g/mol. The standard InChI is InChI=1S/C25H26ClN3O3S/c1-15(2)13-32-19-9-7-17(8-10-19)20-12-21(30)27-23-22(20)24(31)28-25(29(23)3)33-14-16-5-4-6-18(26)11-16/h4-11,15,20H,12-14H2,1-3H3,(H,27,30)/t20-/m0/s1. The van der Waals surface area contributed by atoms with Crippen molar-refractivity contribution >= 4 is 35.1 Å². The summed E-state index contributed by atoms with van der Waals surface area (Å²) in [7, 11) is 1.82. The van der Waals surface area contributed by atoms with Crippen molar-refractivity contribution < 1.29 is 9.53 Å². The first-order valence-corrected chi connectivity index (χ1v) is 12.2. The van der Waals surface area contributed by atoms with Crippen molar-refractivity contribution in [1.82, 2.24) is 9.55 Å². The normalized spacial score (nSPS) is 15.3. The average Bonchev–Trinajstić information content (AvgIpc) is 2.79. The zero-order chi connectivity index (χ0) is 23.5. The van der Waals surface area contributed by atoms with Crippen molar-refractivity contribution in [2.75, 3.05) is 11.9 Å². The van der Waals surface area contributed by atoms with Gasteiger partial charge < -0.3 is 14.6 Å². The Labute approximate surface area is 202 Å². The lowest BCUT2D eigenvalue weighted by Crippen LogP contribution is -2.33. The van der Waals surface area contributed by atoms with Gasteiger partial charge in [-0.1, -0.05) is 61.5 Å². The van der Waals surface area contributed by atoms with E-state index in [2.05, 4.69) is 24.1 Å². The van der Waals surface area contributed by atoms with Crippen LogP contribution in [0.15, 0.2) is 58.5 Å². The molecule has 6 nitrogen and oxygen atoms in total. The maximum Gasteiger partial charge on any atom is 0.279 e. The van der Waals surface area contributed by atoms with E-state index >= 15 is 0 Å². The van der Waals surface area contributed by atoms with Gasteiger partial charge in [-0.2, -0.15) is 4.98 Å². The third-order valence-electron chi connectivity index (χ3n) is 5.42. The molecule has 0 fully saturated rings. The van der Waals surface area contributed by atoms with Crippen LogP contribution >= 0.6 is 23.4 Å². The molecule has 33 heavy (non-hydrogen) atoms. The van der Waals surface area contributed by atoms with Crippen LogP contribution in [0.2, 0.25) is 5.02 Å². The molecule has 1 aliphatic heterocycles. The van der Waals surface area contributed by atoms with Crippen LogP contribution in [0.25, 0.3) is 0 Å². The molecular weight excluding hydrogens is 458 g/mol. The zero-order valence-electron chi connectivity index (χ0n) is 18.8. The van der Waals surface area contributed by atoms with Crippen molar-refractivity contribution in [2.45, 2.75) is 37.1 Å². The second-order valence-corrected chi connectivity index (χ2v) is 9.90. The second kappa shape index (κ2) is 10.0. The van der Waals surface area contributed by atoms with Gasteiger partial charge in [-0.3, -0.25) is 9.59 Å².